The van der Waals surface area contributed by atoms with Crippen LogP contribution in [0.5, 0.6) is 0 Å². The summed E-state index contributed by atoms with van der Waals surface area (Å²) >= 11 is 0. The first-order valence-electron chi connectivity index (χ1n) is 9.81. The van der Waals surface area contributed by atoms with Crippen LogP contribution in [0.3, 0.4) is 0 Å². The second-order valence-electron chi connectivity index (χ2n) is 7.46. The first-order valence-corrected chi connectivity index (χ1v) is 9.81. The van der Waals surface area contributed by atoms with E-state index in [2.05, 4.69) is 15.3 Å². The Morgan fingerprint density at radius 2 is 1.90 bits per heavy atom. The molecule has 0 unspecified atom stereocenters. The molecule has 9 heteroatoms. The predicted octanol–water partition coefficient (Wildman–Crippen LogP) is 3.84. The summed E-state index contributed by atoms with van der Waals surface area (Å²) in [4.78, 5) is 34.6. The average Bonchev–Trinajstić information content (AvgIpc) is 2.72. The molecule has 2 atom stereocenters. The van der Waals surface area contributed by atoms with Crippen LogP contribution >= 0.6 is 0 Å². The van der Waals surface area contributed by atoms with Crippen LogP contribution in [0.1, 0.15) is 54.1 Å². The summed E-state index contributed by atoms with van der Waals surface area (Å²) in [7, 11) is 0. The van der Waals surface area contributed by atoms with Crippen LogP contribution in [0.4, 0.5) is 13.2 Å². The number of amides is 2. The van der Waals surface area contributed by atoms with Crippen molar-refractivity contribution in [3.8, 4) is 0 Å². The SMILES string of the molecule is CCN1C(=O)[C@@H](NC(=O)c2nccc(C(F)(F)F)n2)[C@H](c2cccc(C)c2)C(C)=C1C. The minimum absolute atomic E-state index is 0.336. The van der Waals surface area contributed by atoms with Crippen molar-refractivity contribution in [3.63, 3.8) is 0 Å². The number of aryl methyl sites for hydroxylation is 1. The largest absolute Gasteiger partial charge is 0.433 e. The number of rotatable bonds is 4. The van der Waals surface area contributed by atoms with Crippen molar-refractivity contribution >= 4 is 11.8 Å². The minimum atomic E-state index is -4.71. The van der Waals surface area contributed by atoms with Gasteiger partial charge in [-0.25, -0.2) is 9.97 Å². The molecular formula is C22H23F3N4O2. The third-order valence-electron chi connectivity index (χ3n) is 5.46. The standard InChI is InChI=1S/C22H23F3N4O2/c1-5-29-14(4)13(3)17(15-8-6-7-12(2)11-15)18(21(29)31)28-20(30)19-26-10-9-16(27-19)22(23,24)25/h6-11,17-18H,5H2,1-4H3,(H,28,30)/t17-,18-/m0/s1. The van der Waals surface area contributed by atoms with Gasteiger partial charge in [-0.15, -0.1) is 0 Å². The fraction of sp³-hybridized carbons (Fsp3) is 0.364. The maximum Gasteiger partial charge on any atom is 0.433 e. The number of likely N-dealkylation sites (N-methyl/N-ethyl adjacent to an activating group) is 1. The zero-order valence-corrected chi connectivity index (χ0v) is 17.6. The van der Waals surface area contributed by atoms with Crippen molar-refractivity contribution in [1.82, 2.24) is 20.2 Å². The van der Waals surface area contributed by atoms with Gasteiger partial charge in [0.05, 0.1) is 0 Å². The Kier molecular flexibility index (Phi) is 6.15. The normalized spacial score (nSPS) is 19.6. The predicted molar refractivity (Wildman–Crippen MR) is 108 cm³/mol. The van der Waals surface area contributed by atoms with E-state index >= 15 is 0 Å². The smallest absolute Gasteiger partial charge is 0.337 e. The van der Waals surface area contributed by atoms with Crippen LogP contribution < -0.4 is 5.32 Å². The summed E-state index contributed by atoms with van der Waals surface area (Å²) < 4.78 is 38.9. The molecule has 6 nitrogen and oxygen atoms in total. The summed E-state index contributed by atoms with van der Waals surface area (Å²) in [5, 5.41) is 2.59. The van der Waals surface area contributed by atoms with Gasteiger partial charge in [0.1, 0.15) is 11.7 Å². The molecule has 1 aliphatic rings. The van der Waals surface area contributed by atoms with Gasteiger partial charge < -0.3 is 10.2 Å². The summed E-state index contributed by atoms with van der Waals surface area (Å²) in [6.45, 7) is 7.86. The maximum absolute atomic E-state index is 13.2. The number of hydrogen-bond acceptors (Lipinski definition) is 4. The monoisotopic (exact) mass is 432 g/mol. The van der Waals surface area contributed by atoms with E-state index in [0.717, 1.165) is 28.6 Å². The number of aromatic nitrogens is 2. The van der Waals surface area contributed by atoms with Gasteiger partial charge in [-0.1, -0.05) is 29.8 Å². The lowest BCUT2D eigenvalue weighted by molar-refractivity contribution is -0.141. The van der Waals surface area contributed by atoms with Crippen molar-refractivity contribution in [3.05, 3.63) is 70.4 Å². The number of carbonyl (C=O) groups is 2. The highest BCUT2D eigenvalue weighted by Gasteiger charge is 2.41. The Labute approximate surface area is 178 Å². The van der Waals surface area contributed by atoms with Crippen molar-refractivity contribution in [1.29, 1.82) is 0 Å². The van der Waals surface area contributed by atoms with Crippen LogP contribution in [-0.4, -0.2) is 39.3 Å². The summed E-state index contributed by atoms with van der Waals surface area (Å²) in [6, 6.07) is 7.25. The molecule has 2 amide bonds. The van der Waals surface area contributed by atoms with Gasteiger partial charge in [-0.05, 0) is 44.9 Å². The number of benzene rings is 1. The number of halogens is 3. The summed E-state index contributed by atoms with van der Waals surface area (Å²) in [5.74, 6) is -2.38. The third kappa shape index (κ3) is 4.45. The highest BCUT2D eigenvalue weighted by Crippen LogP contribution is 2.36. The van der Waals surface area contributed by atoms with Crippen LogP contribution in [0, 0.1) is 6.92 Å². The van der Waals surface area contributed by atoms with E-state index in [1.807, 2.05) is 52.0 Å². The fourth-order valence-electron chi connectivity index (χ4n) is 3.84. The number of carbonyl (C=O) groups excluding carboxylic acids is 2. The molecule has 0 fully saturated rings. The molecule has 31 heavy (non-hydrogen) atoms. The van der Waals surface area contributed by atoms with Crippen LogP contribution in [0.2, 0.25) is 0 Å². The molecule has 2 heterocycles. The van der Waals surface area contributed by atoms with Crippen molar-refractivity contribution in [2.24, 2.45) is 0 Å². The molecule has 1 aromatic heterocycles. The number of alkyl halides is 3. The molecule has 1 N–H and O–H groups in total. The minimum Gasteiger partial charge on any atom is -0.337 e. The van der Waals surface area contributed by atoms with E-state index in [1.54, 1.807) is 4.90 Å². The Hall–Kier alpha value is -3.23. The third-order valence-corrected chi connectivity index (χ3v) is 5.46. The fourth-order valence-corrected chi connectivity index (χ4v) is 3.84. The van der Waals surface area contributed by atoms with E-state index in [4.69, 9.17) is 0 Å². The summed E-state index contributed by atoms with van der Waals surface area (Å²) in [6.07, 6.45) is -3.84. The lowest BCUT2D eigenvalue weighted by atomic mass is 9.80. The molecular weight excluding hydrogens is 409 g/mol. The number of nitrogens with one attached hydrogen (secondary N) is 1. The van der Waals surface area contributed by atoms with Gasteiger partial charge in [0, 0.05) is 24.4 Å². The van der Waals surface area contributed by atoms with Gasteiger partial charge in [0.15, 0.2) is 0 Å². The van der Waals surface area contributed by atoms with Gasteiger partial charge >= 0.3 is 6.18 Å². The number of hydrogen-bond donors (Lipinski definition) is 1. The van der Waals surface area contributed by atoms with E-state index in [-0.39, 0.29) is 5.91 Å². The number of nitrogens with zero attached hydrogens (tertiary/aromatic N) is 3. The van der Waals surface area contributed by atoms with Crippen LogP contribution in [-0.2, 0) is 11.0 Å². The first kappa shape index (κ1) is 22.5. The zero-order chi connectivity index (χ0) is 22.9. The second kappa shape index (κ2) is 8.49. The Morgan fingerprint density at radius 1 is 1.19 bits per heavy atom. The maximum atomic E-state index is 13.2. The van der Waals surface area contributed by atoms with Crippen molar-refractivity contribution < 1.29 is 22.8 Å². The molecule has 164 valence electrons. The van der Waals surface area contributed by atoms with Crippen molar-refractivity contribution in [2.45, 2.75) is 45.8 Å². The highest BCUT2D eigenvalue weighted by atomic mass is 19.4. The Bertz CT molecular complexity index is 1050. The molecule has 1 aromatic carbocycles. The molecule has 0 saturated heterocycles. The van der Waals surface area contributed by atoms with E-state index in [1.165, 1.54) is 0 Å². The topological polar surface area (TPSA) is 75.2 Å². The number of allylic oxidation sites excluding steroid dienone is 1. The second-order valence-corrected chi connectivity index (χ2v) is 7.46. The first-order chi connectivity index (χ1) is 14.5. The summed E-state index contributed by atoms with van der Waals surface area (Å²) in [5.41, 5.74) is 2.28. The van der Waals surface area contributed by atoms with Crippen LogP contribution in [0.15, 0.2) is 47.8 Å². The van der Waals surface area contributed by atoms with Gasteiger partial charge in [0.25, 0.3) is 5.91 Å². The lowest BCUT2D eigenvalue weighted by Gasteiger charge is -2.39. The molecule has 0 spiro atoms. The molecule has 0 bridgehead atoms. The quantitative estimate of drug-likeness (QED) is 0.797. The van der Waals surface area contributed by atoms with Crippen LogP contribution in [0.25, 0.3) is 0 Å². The zero-order valence-electron chi connectivity index (χ0n) is 17.6. The van der Waals surface area contributed by atoms with E-state index in [9.17, 15) is 22.8 Å². The molecule has 3 rings (SSSR count). The molecule has 0 aliphatic carbocycles. The molecule has 0 radical (unpaired) electrons. The van der Waals surface area contributed by atoms with Gasteiger partial charge in [0.2, 0.25) is 11.7 Å². The highest BCUT2D eigenvalue weighted by molar-refractivity contribution is 5.96. The average molecular weight is 432 g/mol. The molecule has 0 saturated carbocycles. The van der Waals surface area contributed by atoms with Gasteiger partial charge in [-0.3, -0.25) is 9.59 Å². The van der Waals surface area contributed by atoms with E-state index in [0.29, 0.717) is 12.6 Å². The molecule has 2 aromatic rings. The lowest BCUT2D eigenvalue weighted by Crippen LogP contribution is -2.54. The van der Waals surface area contributed by atoms with E-state index < -0.39 is 35.6 Å². The van der Waals surface area contributed by atoms with Crippen molar-refractivity contribution in [2.75, 3.05) is 6.54 Å². The molecule has 1 aliphatic heterocycles. The van der Waals surface area contributed by atoms with Gasteiger partial charge in [-0.2, -0.15) is 13.2 Å². The Morgan fingerprint density at radius 3 is 2.52 bits per heavy atom. The Balaban J connectivity index is 2.02.